The van der Waals surface area contributed by atoms with Crippen molar-refractivity contribution in [2.24, 2.45) is 0 Å². The summed E-state index contributed by atoms with van der Waals surface area (Å²) in [5, 5.41) is 13.5. The minimum absolute atomic E-state index is 0.110. The molecule has 2 heterocycles. The summed E-state index contributed by atoms with van der Waals surface area (Å²) in [6.45, 7) is 2.14. The van der Waals surface area contributed by atoms with Crippen LogP contribution in [0.25, 0.3) is 0 Å². The van der Waals surface area contributed by atoms with Crippen LogP contribution in [0.15, 0.2) is 36.5 Å². The number of nitro benzene ring substituents is 1. The third-order valence-electron chi connectivity index (χ3n) is 3.84. The highest BCUT2D eigenvalue weighted by molar-refractivity contribution is 5.94. The molecule has 8 heteroatoms. The number of hydrogen-bond donors (Lipinski definition) is 1. The molecular weight excluding hydrogens is 310 g/mol. The summed E-state index contributed by atoms with van der Waals surface area (Å²) in [7, 11) is 0. The second kappa shape index (κ2) is 7.03. The number of non-ortho nitro benzene ring substituents is 1. The molecule has 0 atom stereocenters. The van der Waals surface area contributed by atoms with Crippen LogP contribution < -0.4 is 10.2 Å². The van der Waals surface area contributed by atoms with Gasteiger partial charge in [0.25, 0.3) is 11.6 Å². The Morgan fingerprint density at radius 1 is 1.29 bits per heavy atom. The Hall–Kier alpha value is -3.03. The first-order valence-electron chi connectivity index (χ1n) is 7.73. The summed E-state index contributed by atoms with van der Waals surface area (Å²) < 4.78 is 0. The van der Waals surface area contributed by atoms with Gasteiger partial charge in [-0.1, -0.05) is 6.07 Å². The number of nitro groups is 1. The largest absolute Gasteiger partial charge is 0.346 e. The molecule has 8 nitrogen and oxygen atoms in total. The van der Waals surface area contributed by atoms with E-state index < -0.39 is 4.92 Å². The van der Waals surface area contributed by atoms with E-state index in [1.165, 1.54) is 24.3 Å². The van der Waals surface area contributed by atoms with E-state index in [0.29, 0.717) is 11.6 Å². The maximum atomic E-state index is 12.1. The lowest BCUT2D eigenvalue weighted by Crippen LogP contribution is -2.25. The van der Waals surface area contributed by atoms with Gasteiger partial charge in [0.2, 0.25) is 5.95 Å². The maximum Gasteiger partial charge on any atom is 0.270 e. The van der Waals surface area contributed by atoms with Crippen LogP contribution >= 0.6 is 0 Å². The molecule has 0 bridgehead atoms. The Labute approximate surface area is 138 Å². The summed E-state index contributed by atoms with van der Waals surface area (Å²) in [6, 6.07) is 7.38. The fourth-order valence-corrected chi connectivity index (χ4v) is 2.59. The SMILES string of the molecule is O=C(NCc1ccnc(N2CCCC2)n1)c1cccc([N+](=O)[O-])c1. The van der Waals surface area contributed by atoms with Crippen LogP contribution in [-0.2, 0) is 6.54 Å². The molecule has 124 valence electrons. The lowest BCUT2D eigenvalue weighted by Gasteiger charge is -2.15. The van der Waals surface area contributed by atoms with Gasteiger partial charge in [-0.15, -0.1) is 0 Å². The molecule has 2 aromatic rings. The second-order valence-corrected chi connectivity index (χ2v) is 5.53. The van der Waals surface area contributed by atoms with E-state index in [1.54, 1.807) is 12.3 Å². The number of rotatable bonds is 5. The number of carbonyl (C=O) groups excluding carboxylic acids is 1. The zero-order valence-electron chi connectivity index (χ0n) is 13.0. The van der Waals surface area contributed by atoms with E-state index in [-0.39, 0.29) is 23.7 Å². The molecule has 3 rings (SSSR count). The number of nitrogens with zero attached hydrogens (tertiary/aromatic N) is 4. The first-order valence-corrected chi connectivity index (χ1v) is 7.73. The van der Waals surface area contributed by atoms with E-state index in [1.807, 2.05) is 0 Å². The van der Waals surface area contributed by atoms with Crippen molar-refractivity contribution in [2.75, 3.05) is 18.0 Å². The molecule has 1 aliphatic rings. The minimum atomic E-state index is -0.524. The van der Waals surface area contributed by atoms with E-state index in [9.17, 15) is 14.9 Å². The van der Waals surface area contributed by atoms with E-state index in [0.717, 1.165) is 25.9 Å². The average Bonchev–Trinajstić information content (AvgIpc) is 3.15. The standard InChI is InChI=1S/C16H17N5O3/c22-15(12-4-3-5-14(10-12)21(23)24)18-11-13-6-7-17-16(19-13)20-8-1-2-9-20/h3-7,10H,1-2,8-9,11H2,(H,18,22). The molecule has 1 saturated heterocycles. The van der Waals surface area contributed by atoms with Crippen molar-refractivity contribution < 1.29 is 9.72 Å². The molecule has 1 aromatic carbocycles. The summed E-state index contributed by atoms with van der Waals surface area (Å²) in [4.78, 5) is 33.2. The van der Waals surface area contributed by atoms with Crippen molar-refractivity contribution >= 4 is 17.5 Å². The van der Waals surface area contributed by atoms with Gasteiger partial charge in [-0.05, 0) is 25.0 Å². The van der Waals surface area contributed by atoms with Gasteiger partial charge in [-0.25, -0.2) is 9.97 Å². The molecule has 0 radical (unpaired) electrons. The van der Waals surface area contributed by atoms with Gasteiger partial charge in [0, 0.05) is 37.0 Å². The van der Waals surface area contributed by atoms with E-state index >= 15 is 0 Å². The molecule has 0 aliphatic carbocycles. The number of benzene rings is 1. The third-order valence-corrected chi connectivity index (χ3v) is 3.84. The molecule has 24 heavy (non-hydrogen) atoms. The number of anilines is 1. The number of carbonyl (C=O) groups is 1. The van der Waals surface area contributed by atoms with Crippen molar-refractivity contribution in [3.63, 3.8) is 0 Å². The van der Waals surface area contributed by atoms with Gasteiger partial charge < -0.3 is 10.2 Å². The normalized spacial score (nSPS) is 13.8. The highest BCUT2D eigenvalue weighted by Gasteiger charge is 2.15. The van der Waals surface area contributed by atoms with Gasteiger partial charge >= 0.3 is 0 Å². The maximum absolute atomic E-state index is 12.1. The summed E-state index contributed by atoms with van der Waals surface area (Å²) >= 11 is 0. The first kappa shape index (κ1) is 15.9. The predicted octanol–water partition coefficient (Wildman–Crippen LogP) is 1.91. The summed E-state index contributed by atoms with van der Waals surface area (Å²) in [5.41, 5.74) is 0.838. The highest BCUT2D eigenvalue weighted by atomic mass is 16.6. The van der Waals surface area contributed by atoms with Gasteiger partial charge in [-0.2, -0.15) is 0 Å². The number of nitrogens with one attached hydrogen (secondary N) is 1. The van der Waals surface area contributed by atoms with Crippen molar-refractivity contribution in [2.45, 2.75) is 19.4 Å². The van der Waals surface area contributed by atoms with Crippen molar-refractivity contribution in [3.05, 3.63) is 57.9 Å². The average molecular weight is 327 g/mol. The van der Waals surface area contributed by atoms with Crippen LogP contribution in [0.4, 0.5) is 11.6 Å². The number of aromatic nitrogens is 2. The molecule has 0 spiro atoms. The second-order valence-electron chi connectivity index (χ2n) is 5.53. The Kier molecular flexibility index (Phi) is 4.64. The van der Waals surface area contributed by atoms with Crippen LogP contribution in [0.2, 0.25) is 0 Å². The van der Waals surface area contributed by atoms with E-state index in [4.69, 9.17) is 0 Å². The molecule has 1 aromatic heterocycles. The van der Waals surface area contributed by atoms with Crippen LogP contribution in [0.1, 0.15) is 28.9 Å². The Balaban J connectivity index is 1.65. The molecule has 0 saturated carbocycles. The minimum Gasteiger partial charge on any atom is -0.346 e. The van der Waals surface area contributed by atoms with Crippen LogP contribution in [0.5, 0.6) is 0 Å². The van der Waals surface area contributed by atoms with E-state index in [2.05, 4.69) is 20.2 Å². The Morgan fingerprint density at radius 2 is 2.08 bits per heavy atom. The van der Waals surface area contributed by atoms with Gasteiger partial charge in [-0.3, -0.25) is 14.9 Å². The summed E-state index contributed by atoms with van der Waals surface area (Å²) in [6.07, 6.45) is 3.95. The smallest absolute Gasteiger partial charge is 0.270 e. The van der Waals surface area contributed by atoms with Crippen molar-refractivity contribution in [1.82, 2.24) is 15.3 Å². The van der Waals surface area contributed by atoms with Crippen LogP contribution in [0.3, 0.4) is 0 Å². The van der Waals surface area contributed by atoms with Crippen molar-refractivity contribution in [1.29, 1.82) is 0 Å². The van der Waals surface area contributed by atoms with Crippen LogP contribution in [-0.4, -0.2) is 33.9 Å². The zero-order chi connectivity index (χ0) is 16.9. The summed E-state index contributed by atoms with van der Waals surface area (Å²) in [5.74, 6) is 0.301. The molecule has 0 unspecified atom stereocenters. The fraction of sp³-hybridized carbons (Fsp3) is 0.312. The van der Waals surface area contributed by atoms with Gasteiger partial charge in [0.05, 0.1) is 17.2 Å². The Bertz CT molecular complexity index is 759. The van der Waals surface area contributed by atoms with Gasteiger partial charge in [0.1, 0.15) is 0 Å². The van der Waals surface area contributed by atoms with Gasteiger partial charge in [0.15, 0.2) is 0 Å². The molecule has 1 amide bonds. The predicted molar refractivity (Wildman–Crippen MR) is 87.7 cm³/mol. The third kappa shape index (κ3) is 3.65. The lowest BCUT2D eigenvalue weighted by atomic mass is 10.2. The molecular formula is C16H17N5O3. The number of amides is 1. The topological polar surface area (TPSA) is 101 Å². The highest BCUT2D eigenvalue weighted by Crippen LogP contribution is 2.16. The number of hydrogen-bond acceptors (Lipinski definition) is 6. The zero-order valence-corrected chi connectivity index (χ0v) is 13.0. The van der Waals surface area contributed by atoms with Crippen LogP contribution in [0, 0.1) is 10.1 Å². The van der Waals surface area contributed by atoms with Crippen molar-refractivity contribution in [3.8, 4) is 0 Å². The molecule has 1 N–H and O–H groups in total. The Morgan fingerprint density at radius 3 is 2.83 bits per heavy atom. The molecule has 1 aliphatic heterocycles. The molecule has 1 fully saturated rings. The monoisotopic (exact) mass is 327 g/mol. The lowest BCUT2D eigenvalue weighted by molar-refractivity contribution is -0.384. The fourth-order valence-electron chi connectivity index (χ4n) is 2.59. The quantitative estimate of drug-likeness (QED) is 0.665. The first-order chi connectivity index (χ1) is 11.6.